The third-order valence-corrected chi connectivity index (χ3v) is 4.37. The molecule has 2 aromatic rings. The maximum Gasteiger partial charge on any atom is 0.169 e. The molecule has 3 rings (SSSR count). The number of nitrogen functional groups attached to an aromatic ring is 1. The van der Waals surface area contributed by atoms with Crippen LogP contribution in [-0.4, -0.2) is 33.9 Å². The minimum absolute atomic E-state index is 0.181. The summed E-state index contributed by atoms with van der Waals surface area (Å²) >= 11 is 0. The van der Waals surface area contributed by atoms with E-state index in [1.807, 2.05) is 18.2 Å². The Balaban J connectivity index is 1.73. The van der Waals surface area contributed by atoms with Crippen molar-refractivity contribution >= 4 is 11.5 Å². The second kappa shape index (κ2) is 6.83. The molecule has 1 aliphatic heterocycles. The van der Waals surface area contributed by atoms with Crippen molar-refractivity contribution in [1.29, 1.82) is 0 Å². The number of benzene rings is 1. The van der Waals surface area contributed by atoms with Gasteiger partial charge in [-0.25, -0.2) is 0 Å². The number of nitrogens with one attached hydrogen (secondary N) is 2. The minimum atomic E-state index is 0.181. The van der Waals surface area contributed by atoms with E-state index in [0.717, 1.165) is 25.1 Å². The highest BCUT2D eigenvalue weighted by Crippen LogP contribution is 2.29. The fraction of sp³-hybridized carbons (Fsp3) is 0.412. The van der Waals surface area contributed by atoms with Gasteiger partial charge in [0.05, 0.1) is 11.4 Å². The summed E-state index contributed by atoms with van der Waals surface area (Å²) in [6, 6.07) is 9.97. The van der Waals surface area contributed by atoms with E-state index in [1.165, 1.54) is 6.42 Å². The lowest BCUT2D eigenvalue weighted by atomic mass is 10.1. The van der Waals surface area contributed by atoms with Gasteiger partial charge in [-0.15, -0.1) is 10.2 Å². The second-order valence-corrected chi connectivity index (χ2v) is 5.97. The van der Waals surface area contributed by atoms with Crippen molar-refractivity contribution in [3.05, 3.63) is 30.3 Å². The van der Waals surface area contributed by atoms with Gasteiger partial charge in [0.25, 0.3) is 0 Å². The summed E-state index contributed by atoms with van der Waals surface area (Å²) in [6.45, 7) is 3.00. The van der Waals surface area contributed by atoms with Gasteiger partial charge in [-0.3, -0.25) is 0 Å². The fourth-order valence-electron chi connectivity index (χ4n) is 2.98. The molecule has 1 aromatic heterocycles. The molecule has 0 spiro atoms. The summed E-state index contributed by atoms with van der Waals surface area (Å²) in [7, 11) is 0. The van der Waals surface area contributed by atoms with Gasteiger partial charge in [-0.2, -0.15) is 0 Å². The molecule has 23 heavy (non-hydrogen) atoms. The zero-order valence-electron chi connectivity index (χ0n) is 13.3. The maximum atomic E-state index is 9.95. The van der Waals surface area contributed by atoms with Crippen LogP contribution in [0.15, 0.2) is 30.3 Å². The first-order valence-electron chi connectivity index (χ1n) is 8.09. The summed E-state index contributed by atoms with van der Waals surface area (Å²) in [5.41, 5.74) is 7.92. The molecule has 5 N–H and O–H groups in total. The molecular weight excluding hydrogens is 290 g/mol. The lowest BCUT2D eigenvalue weighted by Gasteiger charge is -2.16. The molecule has 0 radical (unpaired) electrons. The Morgan fingerprint density at radius 2 is 2.04 bits per heavy atom. The maximum absolute atomic E-state index is 9.95. The molecule has 2 unspecified atom stereocenters. The third kappa shape index (κ3) is 3.53. The monoisotopic (exact) mass is 313 g/mol. The Morgan fingerprint density at radius 1 is 1.26 bits per heavy atom. The van der Waals surface area contributed by atoms with Gasteiger partial charge in [0.2, 0.25) is 0 Å². The average Bonchev–Trinajstić information content (AvgIpc) is 3.03. The Hall–Kier alpha value is -2.34. The molecule has 1 aromatic carbocycles. The van der Waals surface area contributed by atoms with Crippen molar-refractivity contribution in [2.45, 2.75) is 38.3 Å². The minimum Gasteiger partial charge on any atom is -0.507 e. The van der Waals surface area contributed by atoms with Crippen molar-refractivity contribution in [3.8, 4) is 17.0 Å². The first kappa shape index (κ1) is 15.6. The highest BCUT2D eigenvalue weighted by atomic mass is 16.3. The highest BCUT2D eigenvalue weighted by Gasteiger charge is 2.22. The van der Waals surface area contributed by atoms with E-state index < -0.39 is 0 Å². The number of para-hydroxylation sites is 1. The molecule has 1 aliphatic rings. The number of phenolic OH excluding ortho intramolecular Hbond substituents is 1. The highest BCUT2D eigenvalue weighted by molar-refractivity contribution is 5.73. The van der Waals surface area contributed by atoms with Gasteiger partial charge in [0.15, 0.2) is 5.82 Å². The molecule has 1 saturated heterocycles. The van der Waals surface area contributed by atoms with E-state index in [-0.39, 0.29) is 5.75 Å². The summed E-state index contributed by atoms with van der Waals surface area (Å²) in [6.07, 6.45) is 3.54. The Morgan fingerprint density at radius 3 is 2.78 bits per heavy atom. The number of hydrogen-bond donors (Lipinski definition) is 4. The molecule has 2 heterocycles. The number of aromatic nitrogens is 2. The molecule has 0 bridgehead atoms. The number of rotatable bonds is 5. The summed E-state index contributed by atoms with van der Waals surface area (Å²) in [5, 5.41) is 25.0. The number of nitrogens with zero attached hydrogens (tertiary/aromatic N) is 2. The van der Waals surface area contributed by atoms with Crippen LogP contribution in [-0.2, 0) is 0 Å². The SMILES string of the molecule is CCC1CCC(CNc2cc(-c3ccccc3O)nnc2N)N1. The standard InChI is InChI=1S/C17H23N5O/c1-2-11-7-8-12(20-11)10-19-15-9-14(21-22-17(15)18)13-5-3-4-6-16(13)23/h3-6,9,11-12,20,23H,2,7-8,10H2,1H3,(H2,18,22)(H,19,21). The third-order valence-electron chi connectivity index (χ3n) is 4.37. The van der Waals surface area contributed by atoms with E-state index in [1.54, 1.807) is 12.1 Å². The molecule has 0 amide bonds. The summed E-state index contributed by atoms with van der Waals surface area (Å²) in [5.74, 6) is 0.551. The van der Waals surface area contributed by atoms with E-state index in [4.69, 9.17) is 5.73 Å². The zero-order valence-corrected chi connectivity index (χ0v) is 13.3. The average molecular weight is 313 g/mol. The molecule has 1 fully saturated rings. The largest absolute Gasteiger partial charge is 0.507 e. The van der Waals surface area contributed by atoms with Gasteiger partial charge >= 0.3 is 0 Å². The summed E-state index contributed by atoms with van der Waals surface area (Å²) in [4.78, 5) is 0. The van der Waals surface area contributed by atoms with Crippen LogP contribution >= 0.6 is 0 Å². The van der Waals surface area contributed by atoms with E-state index in [0.29, 0.717) is 29.2 Å². The van der Waals surface area contributed by atoms with Crippen molar-refractivity contribution in [1.82, 2.24) is 15.5 Å². The molecule has 122 valence electrons. The topological polar surface area (TPSA) is 96.1 Å². The first-order valence-corrected chi connectivity index (χ1v) is 8.09. The summed E-state index contributed by atoms with van der Waals surface area (Å²) < 4.78 is 0. The van der Waals surface area contributed by atoms with Crippen LogP contribution in [0.4, 0.5) is 11.5 Å². The molecule has 6 nitrogen and oxygen atoms in total. The fourth-order valence-corrected chi connectivity index (χ4v) is 2.98. The quantitative estimate of drug-likeness (QED) is 0.677. The first-order chi connectivity index (χ1) is 11.2. The normalized spacial score (nSPS) is 20.6. The van der Waals surface area contributed by atoms with Crippen LogP contribution in [0, 0.1) is 0 Å². The zero-order chi connectivity index (χ0) is 16.2. The molecule has 2 atom stereocenters. The van der Waals surface area contributed by atoms with Crippen LogP contribution in [0.3, 0.4) is 0 Å². The van der Waals surface area contributed by atoms with Gasteiger partial charge < -0.3 is 21.5 Å². The number of anilines is 2. The lowest BCUT2D eigenvalue weighted by Crippen LogP contribution is -2.34. The molecule has 0 saturated carbocycles. The van der Waals surface area contributed by atoms with Crippen molar-refractivity contribution < 1.29 is 5.11 Å². The van der Waals surface area contributed by atoms with Crippen molar-refractivity contribution in [2.24, 2.45) is 0 Å². The number of aromatic hydroxyl groups is 1. The predicted molar refractivity (Wildman–Crippen MR) is 92.3 cm³/mol. The number of nitrogens with two attached hydrogens (primary N) is 1. The van der Waals surface area contributed by atoms with Crippen LogP contribution in [0.1, 0.15) is 26.2 Å². The van der Waals surface area contributed by atoms with Gasteiger partial charge in [0.1, 0.15) is 5.75 Å². The Bertz CT molecular complexity index is 676. The van der Waals surface area contributed by atoms with Gasteiger partial charge in [0, 0.05) is 24.2 Å². The Kier molecular flexibility index (Phi) is 4.62. The predicted octanol–water partition coefficient (Wildman–Crippen LogP) is 2.37. The number of hydrogen-bond acceptors (Lipinski definition) is 6. The second-order valence-electron chi connectivity index (χ2n) is 5.97. The molecule has 0 aliphatic carbocycles. The Labute approximate surface area is 136 Å². The number of phenols is 1. The molecule has 6 heteroatoms. The van der Waals surface area contributed by atoms with Crippen LogP contribution in [0.25, 0.3) is 11.3 Å². The smallest absolute Gasteiger partial charge is 0.169 e. The molecular formula is C17H23N5O. The van der Waals surface area contributed by atoms with Crippen LogP contribution < -0.4 is 16.4 Å². The van der Waals surface area contributed by atoms with Crippen molar-refractivity contribution in [2.75, 3.05) is 17.6 Å². The van der Waals surface area contributed by atoms with Crippen LogP contribution in [0.5, 0.6) is 5.75 Å². The van der Waals surface area contributed by atoms with Gasteiger partial charge in [-0.1, -0.05) is 19.1 Å². The lowest BCUT2D eigenvalue weighted by molar-refractivity contribution is 0.477. The van der Waals surface area contributed by atoms with Crippen LogP contribution in [0.2, 0.25) is 0 Å². The van der Waals surface area contributed by atoms with Crippen molar-refractivity contribution in [3.63, 3.8) is 0 Å². The van der Waals surface area contributed by atoms with E-state index in [9.17, 15) is 5.11 Å². The van der Waals surface area contributed by atoms with Gasteiger partial charge in [-0.05, 0) is 37.5 Å². The van der Waals surface area contributed by atoms with E-state index in [2.05, 4.69) is 27.8 Å². The van der Waals surface area contributed by atoms with E-state index >= 15 is 0 Å².